The minimum Gasteiger partial charge on any atom is -0.325 e. The van der Waals surface area contributed by atoms with Gasteiger partial charge in [-0.25, -0.2) is 4.98 Å². The Morgan fingerprint density at radius 3 is 2.92 bits per heavy atom. The van der Waals surface area contributed by atoms with E-state index in [4.69, 9.17) is 5.73 Å². The highest BCUT2D eigenvalue weighted by molar-refractivity contribution is 7.13. The number of hydrogen-bond acceptors (Lipinski definition) is 6. The van der Waals surface area contributed by atoms with Gasteiger partial charge in [0.1, 0.15) is 10.7 Å². The van der Waals surface area contributed by atoms with E-state index in [0.717, 1.165) is 16.4 Å². The molecule has 0 aliphatic heterocycles. The van der Waals surface area contributed by atoms with Crippen molar-refractivity contribution in [2.24, 2.45) is 5.73 Å². The van der Waals surface area contributed by atoms with Crippen molar-refractivity contribution in [2.45, 2.75) is 6.54 Å². The van der Waals surface area contributed by atoms with Crippen LogP contribution in [0.2, 0.25) is 0 Å². The van der Waals surface area contributed by atoms with E-state index in [0.29, 0.717) is 6.54 Å². The Labute approximate surface area is 77.2 Å². The van der Waals surface area contributed by atoms with Gasteiger partial charge in [0.15, 0.2) is 0 Å². The SMILES string of the molecule is NCc1csc(-c2csnn2)n1. The van der Waals surface area contributed by atoms with Crippen LogP contribution in [0.15, 0.2) is 10.8 Å². The average Bonchev–Trinajstić information content (AvgIpc) is 2.75. The molecule has 0 saturated carbocycles. The summed E-state index contributed by atoms with van der Waals surface area (Å²) in [6.07, 6.45) is 0. The molecule has 62 valence electrons. The molecule has 0 aromatic carbocycles. The smallest absolute Gasteiger partial charge is 0.145 e. The molecule has 2 aromatic heterocycles. The van der Waals surface area contributed by atoms with Gasteiger partial charge in [-0.2, -0.15) is 0 Å². The maximum atomic E-state index is 5.43. The summed E-state index contributed by atoms with van der Waals surface area (Å²) in [6, 6.07) is 0. The topological polar surface area (TPSA) is 64.7 Å². The van der Waals surface area contributed by atoms with E-state index in [9.17, 15) is 0 Å². The molecule has 0 aliphatic carbocycles. The van der Waals surface area contributed by atoms with Crippen molar-refractivity contribution in [1.29, 1.82) is 0 Å². The summed E-state index contributed by atoms with van der Waals surface area (Å²) < 4.78 is 3.76. The van der Waals surface area contributed by atoms with Crippen LogP contribution in [0.4, 0.5) is 0 Å². The quantitative estimate of drug-likeness (QED) is 0.785. The lowest BCUT2D eigenvalue weighted by Gasteiger charge is -1.84. The second kappa shape index (κ2) is 3.26. The van der Waals surface area contributed by atoms with E-state index in [2.05, 4.69) is 14.6 Å². The monoisotopic (exact) mass is 198 g/mol. The molecular weight excluding hydrogens is 192 g/mol. The van der Waals surface area contributed by atoms with Gasteiger partial charge in [0.05, 0.1) is 5.69 Å². The van der Waals surface area contributed by atoms with Crippen molar-refractivity contribution in [3.05, 3.63) is 16.5 Å². The van der Waals surface area contributed by atoms with Gasteiger partial charge in [-0.3, -0.25) is 0 Å². The summed E-state index contributed by atoms with van der Waals surface area (Å²) in [6.45, 7) is 0.480. The van der Waals surface area contributed by atoms with Crippen molar-refractivity contribution < 1.29 is 0 Å². The van der Waals surface area contributed by atoms with Crippen LogP contribution in [-0.2, 0) is 6.54 Å². The van der Waals surface area contributed by atoms with Crippen molar-refractivity contribution in [1.82, 2.24) is 14.6 Å². The zero-order chi connectivity index (χ0) is 8.39. The average molecular weight is 198 g/mol. The third-order valence-electron chi connectivity index (χ3n) is 1.34. The van der Waals surface area contributed by atoms with Crippen LogP contribution in [0.25, 0.3) is 10.7 Å². The molecule has 0 saturated heterocycles. The fourth-order valence-electron chi connectivity index (χ4n) is 0.776. The van der Waals surface area contributed by atoms with Crippen LogP contribution < -0.4 is 5.73 Å². The molecule has 4 nitrogen and oxygen atoms in total. The number of hydrogen-bond donors (Lipinski definition) is 1. The predicted octanol–water partition coefficient (Wildman–Crippen LogP) is 1.12. The van der Waals surface area contributed by atoms with E-state index < -0.39 is 0 Å². The fraction of sp³-hybridized carbons (Fsp3) is 0.167. The zero-order valence-corrected chi connectivity index (χ0v) is 7.73. The number of rotatable bonds is 2. The first kappa shape index (κ1) is 7.78. The van der Waals surface area contributed by atoms with Crippen LogP contribution in [-0.4, -0.2) is 14.6 Å². The van der Waals surface area contributed by atoms with E-state index in [1.54, 1.807) is 11.3 Å². The summed E-state index contributed by atoms with van der Waals surface area (Å²) in [7, 11) is 0. The van der Waals surface area contributed by atoms with Gasteiger partial charge in [0, 0.05) is 17.3 Å². The van der Waals surface area contributed by atoms with Crippen LogP contribution >= 0.6 is 22.9 Å². The predicted molar refractivity (Wildman–Crippen MR) is 48.9 cm³/mol. The Morgan fingerprint density at radius 2 is 2.33 bits per heavy atom. The fourth-order valence-corrected chi connectivity index (χ4v) is 2.08. The highest BCUT2D eigenvalue weighted by Gasteiger charge is 2.05. The lowest BCUT2D eigenvalue weighted by atomic mass is 10.5. The molecular formula is C6H6N4S2. The minimum absolute atomic E-state index is 0.480. The molecule has 0 radical (unpaired) electrons. The Morgan fingerprint density at radius 1 is 1.42 bits per heavy atom. The van der Waals surface area contributed by atoms with Gasteiger partial charge in [-0.15, -0.1) is 16.4 Å². The molecule has 0 spiro atoms. The zero-order valence-electron chi connectivity index (χ0n) is 6.10. The maximum Gasteiger partial charge on any atom is 0.145 e. The van der Waals surface area contributed by atoms with Crippen molar-refractivity contribution >= 4 is 22.9 Å². The Balaban J connectivity index is 2.35. The van der Waals surface area contributed by atoms with Crippen molar-refractivity contribution in [2.75, 3.05) is 0 Å². The molecule has 0 atom stereocenters. The number of thiazole rings is 1. The lowest BCUT2D eigenvalue weighted by Crippen LogP contribution is -1.95. The normalized spacial score (nSPS) is 10.4. The molecule has 2 aromatic rings. The summed E-state index contributed by atoms with van der Waals surface area (Å²) >= 11 is 2.87. The maximum absolute atomic E-state index is 5.43. The summed E-state index contributed by atoms with van der Waals surface area (Å²) in [4.78, 5) is 4.27. The molecule has 2 rings (SSSR count). The largest absolute Gasteiger partial charge is 0.325 e. The molecule has 2 heterocycles. The summed E-state index contributed by atoms with van der Waals surface area (Å²) in [5.41, 5.74) is 7.17. The molecule has 0 aliphatic rings. The van der Waals surface area contributed by atoms with Gasteiger partial charge >= 0.3 is 0 Å². The first-order valence-corrected chi connectivity index (χ1v) is 5.03. The van der Waals surface area contributed by atoms with Gasteiger partial charge in [0.25, 0.3) is 0 Å². The Hall–Kier alpha value is -0.850. The molecule has 2 N–H and O–H groups in total. The molecule has 12 heavy (non-hydrogen) atoms. The third kappa shape index (κ3) is 1.36. The van der Waals surface area contributed by atoms with Crippen LogP contribution in [0.1, 0.15) is 5.69 Å². The van der Waals surface area contributed by atoms with Gasteiger partial charge in [-0.1, -0.05) is 4.49 Å². The highest BCUT2D eigenvalue weighted by atomic mass is 32.1. The molecule has 0 unspecified atom stereocenters. The van der Waals surface area contributed by atoms with E-state index in [1.165, 1.54) is 11.5 Å². The third-order valence-corrected chi connectivity index (χ3v) is 2.76. The van der Waals surface area contributed by atoms with Crippen molar-refractivity contribution in [3.8, 4) is 10.7 Å². The molecule has 0 bridgehead atoms. The van der Waals surface area contributed by atoms with E-state index in [1.807, 2.05) is 10.8 Å². The Kier molecular flexibility index (Phi) is 2.11. The second-order valence-electron chi connectivity index (χ2n) is 2.14. The van der Waals surface area contributed by atoms with Gasteiger partial charge in [-0.05, 0) is 11.5 Å². The van der Waals surface area contributed by atoms with Crippen LogP contribution in [0.3, 0.4) is 0 Å². The van der Waals surface area contributed by atoms with Crippen LogP contribution in [0, 0.1) is 0 Å². The first-order valence-electron chi connectivity index (χ1n) is 3.32. The molecule has 0 amide bonds. The van der Waals surface area contributed by atoms with E-state index in [-0.39, 0.29) is 0 Å². The van der Waals surface area contributed by atoms with Gasteiger partial charge in [0.2, 0.25) is 0 Å². The van der Waals surface area contributed by atoms with Gasteiger partial charge < -0.3 is 5.73 Å². The number of nitrogens with two attached hydrogens (primary N) is 1. The number of nitrogens with zero attached hydrogens (tertiary/aromatic N) is 3. The second-order valence-corrected chi connectivity index (χ2v) is 3.61. The van der Waals surface area contributed by atoms with Crippen LogP contribution in [0.5, 0.6) is 0 Å². The molecule has 6 heteroatoms. The first-order chi connectivity index (χ1) is 5.90. The standard InChI is InChI=1S/C6H6N4S2/c7-1-4-2-11-6(8-4)5-3-12-10-9-5/h2-3H,1,7H2. The summed E-state index contributed by atoms with van der Waals surface area (Å²) in [5, 5.41) is 8.62. The van der Waals surface area contributed by atoms with E-state index >= 15 is 0 Å². The summed E-state index contributed by atoms with van der Waals surface area (Å²) in [5.74, 6) is 0. The molecule has 0 fully saturated rings. The Bertz CT molecular complexity index is 353. The number of aromatic nitrogens is 3. The highest BCUT2D eigenvalue weighted by Crippen LogP contribution is 2.21. The lowest BCUT2D eigenvalue weighted by molar-refractivity contribution is 1.01. The van der Waals surface area contributed by atoms with Crippen molar-refractivity contribution in [3.63, 3.8) is 0 Å². The minimum atomic E-state index is 0.480.